The van der Waals surface area contributed by atoms with Gasteiger partial charge in [0.25, 0.3) is 0 Å². The van der Waals surface area contributed by atoms with Gasteiger partial charge in [0.1, 0.15) is 0 Å². The minimum absolute atomic E-state index is 0.0994. The first-order chi connectivity index (χ1) is 7.84. The van der Waals surface area contributed by atoms with E-state index < -0.39 is 0 Å². The van der Waals surface area contributed by atoms with Crippen molar-refractivity contribution in [3.63, 3.8) is 0 Å². The number of carbonyl (C=O) groups is 1. The van der Waals surface area contributed by atoms with Gasteiger partial charge in [-0.3, -0.25) is 0 Å². The van der Waals surface area contributed by atoms with Crippen molar-refractivity contribution >= 4 is 14.7 Å². The minimum Gasteiger partial charge on any atom is -0.449 e. The van der Waals surface area contributed by atoms with Gasteiger partial charge in [-0.15, -0.1) is 8.58 Å². The second-order valence-electron chi connectivity index (χ2n) is 4.22. The van der Waals surface area contributed by atoms with Crippen molar-refractivity contribution in [2.75, 3.05) is 32.0 Å². The Hall–Kier alpha value is -0.300. The fourth-order valence-corrected chi connectivity index (χ4v) is 2.71. The van der Waals surface area contributed by atoms with Crippen molar-refractivity contribution in [3.05, 3.63) is 0 Å². The molecule has 0 aliphatic carbocycles. The van der Waals surface area contributed by atoms with Gasteiger partial charge in [-0.05, 0) is 44.4 Å². The average molecular weight is 245 g/mol. The third-order valence-electron chi connectivity index (χ3n) is 2.84. The Morgan fingerprint density at radius 3 is 2.69 bits per heavy atom. The van der Waals surface area contributed by atoms with Crippen LogP contribution in [0.25, 0.3) is 0 Å². The number of hydrogen-bond acceptors (Lipinski definition) is 2. The lowest BCUT2D eigenvalue weighted by Gasteiger charge is -2.25. The summed E-state index contributed by atoms with van der Waals surface area (Å²) in [4.78, 5) is 13.4. The molecule has 4 heteroatoms. The molecule has 94 valence electrons. The molecule has 3 nitrogen and oxygen atoms in total. The summed E-state index contributed by atoms with van der Waals surface area (Å²) >= 11 is 0. The van der Waals surface area contributed by atoms with Crippen LogP contribution < -0.4 is 0 Å². The van der Waals surface area contributed by atoms with Gasteiger partial charge >= 0.3 is 6.09 Å². The number of rotatable bonds is 6. The topological polar surface area (TPSA) is 29.5 Å². The first-order valence-corrected chi connectivity index (χ1v) is 7.88. The van der Waals surface area contributed by atoms with Crippen molar-refractivity contribution in [1.82, 2.24) is 4.90 Å². The Morgan fingerprint density at radius 1 is 1.25 bits per heavy atom. The molecule has 1 aliphatic heterocycles. The van der Waals surface area contributed by atoms with E-state index in [-0.39, 0.29) is 6.09 Å². The van der Waals surface area contributed by atoms with E-state index in [0.29, 0.717) is 6.61 Å². The third kappa shape index (κ3) is 5.69. The van der Waals surface area contributed by atoms with Crippen LogP contribution in [0.2, 0.25) is 0 Å². The van der Waals surface area contributed by atoms with Crippen LogP contribution in [0.5, 0.6) is 0 Å². The zero-order valence-corrected chi connectivity index (χ0v) is 11.3. The van der Waals surface area contributed by atoms with Gasteiger partial charge in [0, 0.05) is 13.1 Å². The van der Waals surface area contributed by atoms with E-state index in [2.05, 4.69) is 6.92 Å². The SMILES string of the molecule is CCPCCCCOC(=O)N1CCCCC1. The smallest absolute Gasteiger partial charge is 0.409 e. The van der Waals surface area contributed by atoms with Gasteiger partial charge in [-0.2, -0.15) is 0 Å². The zero-order chi connectivity index (χ0) is 11.6. The molecule has 0 N–H and O–H groups in total. The molecule has 1 heterocycles. The molecule has 16 heavy (non-hydrogen) atoms. The third-order valence-corrected chi connectivity index (χ3v) is 4.04. The molecule has 0 spiro atoms. The molecule has 1 rings (SSSR count). The van der Waals surface area contributed by atoms with Crippen LogP contribution in [0, 0.1) is 0 Å². The molecule has 1 fully saturated rings. The van der Waals surface area contributed by atoms with Crippen molar-refractivity contribution < 1.29 is 9.53 Å². The maximum Gasteiger partial charge on any atom is 0.409 e. The summed E-state index contributed by atoms with van der Waals surface area (Å²) in [6.45, 7) is 4.59. The molecular weight excluding hydrogens is 221 g/mol. The molecule has 1 atom stereocenters. The summed E-state index contributed by atoms with van der Waals surface area (Å²) in [5.74, 6) is 0. The molecule has 0 aromatic rings. The van der Waals surface area contributed by atoms with Gasteiger partial charge in [-0.25, -0.2) is 4.79 Å². The molecule has 1 aliphatic rings. The monoisotopic (exact) mass is 245 g/mol. The highest BCUT2D eigenvalue weighted by Gasteiger charge is 2.16. The predicted molar refractivity (Wildman–Crippen MR) is 69.7 cm³/mol. The lowest BCUT2D eigenvalue weighted by Crippen LogP contribution is -2.36. The Morgan fingerprint density at radius 2 is 2.00 bits per heavy atom. The molecule has 0 aromatic heterocycles. The van der Waals surface area contributed by atoms with E-state index >= 15 is 0 Å². The number of nitrogens with zero attached hydrogens (tertiary/aromatic N) is 1. The molecule has 0 bridgehead atoms. The lowest BCUT2D eigenvalue weighted by molar-refractivity contribution is 0.0941. The number of likely N-dealkylation sites (tertiary alicyclic amines) is 1. The summed E-state index contributed by atoms with van der Waals surface area (Å²) in [7, 11) is 1.07. The zero-order valence-electron chi connectivity index (χ0n) is 10.3. The largest absolute Gasteiger partial charge is 0.449 e. The standard InChI is InChI=1S/C12H24NO2P/c1-2-16-11-7-6-10-15-12(14)13-8-4-3-5-9-13/h16H,2-11H2,1H3. The second kappa shape index (κ2) is 8.81. The van der Waals surface area contributed by atoms with Crippen molar-refractivity contribution in [1.29, 1.82) is 0 Å². The Balaban J connectivity index is 1.97. The maximum absolute atomic E-state index is 11.6. The fourth-order valence-electron chi connectivity index (χ4n) is 1.86. The first kappa shape index (κ1) is 13.8. The van der Waals surface area contributed by atoms with E-state index in [0.717, 1.165) is 40.9 Å². The van der Waals surface area contributed by atoms with Gasteiger partial charge in [0.05, 0.1) is 6.61 Å². The fraction of sp³-hybridized carbons (Fsp3) is 0.917. The quantitative estimate of drug-likeness (QED) is 0.531. The Labute approximate surface area is 101 Å². The van der Waals surface area contributed by atoms with Crippen LogP contribution in [-0.4, -0.2) is 43.0 Å². The number of piperidine rings is 1. The van der Waals surface area contributed by atoms with Gasteiger partial charge < -0.3 is 9.64 Å². The first-order valence-electron chi connectivity index (χ1n) is 6.47. The summed E-state index contributed by atoms with van der Waals surface area (Å²) in [6.07, 6.45) is 8.20. The van der Waals surface area contributed by atoms with Gasteiger partial charge in [0.15, 0.2) is 0 Å². The van der Waals surface area contributed by atoms with E-state index in [1.54, 1.807) is 0 Å². The Kier molecular flexibility index (Phi) is 7.58. The molecule has 1 unspecified atom stereocenters. The molecule has 1 saturated heterocycles. The number of carbonyl (C=O) groups excluding carboxylic acids is 1. The van der Waals surface area contributed by atoms with Crippen LogP contribution in [0.4, 0.5) is 4.79 Å². The number of amides is 1. The van der Waals surface area contributed by atoms with E-state index in [1.165, 1.54) is 25.2 Å². The van der Waals surface area contributed by atoms with E-state index in [1.807, 2.05) is 4.90 Å². The summed E-state index contributed by atoms with van der Waals surface area (Å²) < 4.78 is 5.25. The lowest BCUT2D eigenvalue weighted by atomic mass is 10.1. The highest BCUT2D eigenvalue weighted by atomic mass is 31.1. The number of unbranched alkanes of at least 4 members (excludes halogenated alkanes) is 1. The second-order valence-corrected chi connectivity index (χ2v) is 5.93. The highest BCUT2D eigenvalue weighted by Crippen LogP contribution is 2.12. The number of hydrogen-bond donors (Lipinski definition) is 0. The maximum atomic E-state index is 11.6. The van der Waals surface area contributed by atoms with Gasteiger partial charge in [-0.1, -0.05) is 6.92 Å². The van der Waals surface area contributed by atoms with Crippen molar-refractivity contribution in [2.45, 2.75) is 39.0 Å². The minimum atomic E-state index is -0.0994. The molecule has 0 saturated carbocycles. The normalized spacial score (nSPS) is 16.9. The van der Waals surface area contributed by atoms with Crippen molar-refractivity contribution in [3.8, 4) is 0 Å². The summed E-state index contributed by atoms with van der Waals surface area (Å²) in [5.41, 5.74) is 0. The Bertz CT molecular complexity index is 193. The van der Waals surface area contributed by atoms with E-state index in [9.17, 15) is 4.79 Å². The van der Waals surface area contributed by atoms with Crippen LogP contribution >= 0.6 is 8.58 Å². The number of ether oxygens (including phenoxy) is 1. The summed E-state index contributed by atoms with van der Waals surface area (Å²) in [6, 6.07) is 0. The van der Waals surface area contributed by atoms with Crippen LogP contribution in [0.3, 0.4) is 0 Å². The van der Waals surface area contributed by atoms with Gasteiger partial charge in [0.2, 0.25) is 0 Å². The highest BCUT2D eigenvalue weighted by molar-refractivity contribution is 7.37. The van der Waals surface area contributed by atoms with Crippen molar-refractivity contribution in [2.24, 2.45) is 0 Å². The van der Waals surface area contributed by atoms with E-state index in [4.69, 9.17) is 4.74 Å². The van der Waals surface area contributed by atoms with Crippen LogP contribution in [-0.2, 0) is 4.74 Å². The van der Waals surface area contributed by atoms with Crippen LogP contribution in [0.1, 0.15) is 39.0 Å². The molecule has 1 amide bonds. The molecule has 0 radical (unpaired) electrons. The molecular formula is C12H24NO2P. The van der Waals surface area contributed by atoms with Crippen LogP contribution in [0.15, 0.2) is 0 Å². The average Bonchev–Trinajstić information content (AvgIpc) is 2.34. The predicted octanol–water partition coefficient (Wildman–Crippen LogP) is 3.09. The molecule has 0 aromatic carbocycles. The summed E-state index contributed by atoms with van der Waals surface area (Å²) in [5, 5.41) is 0.